The smallest absolute Gasteiger partial charge is 0.377 e. The van der Waals surface area contributed by atoms with Crippen molar-refractivity contribution in [2.24, 2.45) is 11.7 Å². The molecule has 2 saturated heterocycles. The Bertz CT molecular complexity index is 312. The van der Waals surface area contributed by atoms with Crippen LogP contribution in [0.4, 0.5) is 8.78 Å². The molecule has 0 aromatic carbocycles. The molecule has 4 nitrogen and oxygen atoms in total. The van der Waals surface area contributed by atoms with E-state index in [9.17, 15) is 13.6 Å². The highest BCUT2D eigenvalue weighted by atomic mass is 19.3. The van der Waals surface area contributed by atoms with Crippen LogP contribution in [0, 0.1) is 5.92 Å². The van der Waals surface area contributed by atoms with Crippen LogP contribution in [0.5, 0.6) is 0 Å². The molecule has 0 aliphatic carbocycles. The first-order valence-corrected chi connectivity index (χ1v) is 5.95. The standard InChI is InChI=1S/C11H18F2N2O2/c1-7-2-8(4-14)5-15(7)6-9-3-11(12,13)10(16)17-9/h7-9H,2-6,14H2,1H3. The molecule has 2 aliphatic heterocycles. The summed E-state index contributed by atoms with van der Waals surface area (Å²) in [4.78, 5) is 13.0. The summed E-state index contributed by atoms with van der Waals surface area (Å²) >= 11 is 0. The van der Waals surface area contributed by atoms with E-state index >= 15 is 0 Å². The number of carbonyl (C=O) groups excluding carboxylic acids is 1. The predicted octanol–water partition coefficient (Wildman–Crippen LogP) is 0.606. The number of hydrogen-bond acceptors (Lipinski definition) is 4. The number of hydrogen-bond donors (Lipinski definition) is 1. The molecule has 2 N–H and O–H groups in total. The maximum absolute atomic E-state index is 13.0. The van der Waals surface area contributed by atoms with Crippen LogP contribution in [-0.4, -0.2) is 48.6 Å². The number of cyclic esters (lactones) is 1. The van der Waals surface area contributed by atoms with E-state index in [1.165, 1.54) is 0 Å². The maximum Gasteiger partial charge on any atom is 0.377 e. The van der Waals surface area contributed by atoms with Gasteiger partial charge in [0.25, 0.3) is 0 Å². The van der Waals surface area contributed by atoms with Gasteiger partial charge in [-0.25, -0.2) is 4.79 Å². The van der Waals surface area contributed by atoms with E-state index in [-0.39, 0.29) is 0 Å². The fourth-order valence-corrected chi connectivity index (χ4v) is 2.65. The molecule has 0 spiro atoms. The number of rotatable bonds is 3. The Balaban J connectivity index is 1.89. The Labute approximate surface area is 99.1 Å². The number of ether oxygens (including phenoxy) is 1. The lowest BCUT2D eigenvalue weighted by molar-refractivity contribution is -0.159. The van der Waals surface area contributed by atoms with Gasteiger partial charge >= 0.3 is 11.9 Å². The van der Waals surface area contributed by atoms with E-state index in [0.29, 0.717) is 25.0 Å². The maximum atomic E-state index is 13.0. The van der Waals surface area contributed by atoms with Gasteiger partial charge in [0.15, 0.2) is 0 Å². The third-order valence-corrected chi connectivity index (χ3v) is 3.62. The number of esters is 1. The van der Waals surface area contributed by atoms with Gasteiger partial charge in [0.1, 0.15) is 6.10 Å². The van der Waals surface area contributed by atoms with Crippen LogP contribution in [0.15, 0.2) is 0 Å². The number of alkyl halides is 2. The van der Waals surface area contributed by atoms with Crippen LogP contribution < -0.4 is 5.73 Å². The van der Waals surface area contributed by atoms with Gasteiger partial charge in [0.2, 0.25) is 0 Å². The Morgan fingerprint density at radius 2 is 2.29 bits per heavy atom. The Morgan fingerprint density at radius 3 is 2.76 bits per heavy atom. The molecule has 0 radical (unpaired) electrons. The molecule has 3 unspecified atom stereocenters. The number of nitrogens with zero attached hydrogens (tertiary/aromatic N) is 1. The summed E-state index contributed by atoms with van der Waals surface area (Å²) in [5.41, 5.74) is 5.60. The Morgan fingerprint density at radius 1 is 1.59 bits per heavy atom. The largest absolute Gasteiger partial charge is 0.456 e. The topological polar surface area (TPSA) is 55.6 Å². The normalized spacial score (nSPS) is 37.4. The molecular weight excluding hydrogens is 230 g/mol. The number of nitrogens with two attached hydrogens (primary N) is 1. The summed E-state index contributed by atoms with van der Waals surface area (Å²) in [5.74, 6) is -4.27. The molecule has 2 aliphatic rings. The predicted molar refractivity (Wildman–Crippen MR) is 57.6 cm³/mol. The van der Waals surface area contributed by atoms with Crippen molar-refractivity contribution in [2.45, 2.75) is 37.8 Å². The second kappa shape index (κ2) is 4.49. The van der Waals surface area contributed by atoms with Crippen molar-refractivity contribution in [3.8, 4) is 0 Å². The number of carbonyl (C=O) groups is 1. The van der Waals surface area contributed by atoms with Crippen molar-refractivity contribution < 1.29 is 18.3 Å². The quantitative estimate of drug-likeness (QED) is 0.743. The van der Waals surface area contributed by atoms with Crippen LogP contribution in [0.1, 0.15) is 19.8 Å². The van der Waals surface area contributed by atoms with Gasteiger partial charge in [-0.15, -0.1) is 0 Å². The molecule has 0 amide bonds. The van der Waals surface area contributed by atoms with Gasteiger partial charge in [-0.1, -0.05) is 0 Å². The lowest BCUT2D eigenvalue weighted by atomic mass is 10.1. The minimum Gasteiger partial charge on any atom is -0.456 e. The first kappa shape index (κ1) is 12.7. The molecule has 2 rings (SSSR count). The Hall–Kier alpha value is -0.750. The van der Waals surface area contributed by atoms with E-state index in [1.54, 1.807) is 0 Å². The van der Waals surface area contributed by atoms with Crippen molar-refractivity contribution in [2.75, 3.05) is 19.6 Å². The molecular formula is C11H18F2N2O2. The molecule has 2 heterocycles. The fourth-order valence-electron chi connectivity index (χ4n) is 2.65. The highest BCUT2D eigenvalue weighted by Gasteiger charge is 2.51. The minimum absolute atomic E-state index is 0.316. The van der Waals surface area contributed by atoms with E-state index < -0.39 is 24.4 Å². The van der Waals surface area contributed by atoms with Crippen molar-refractivity contribution >= 4 is 5.97 Å². The fraction of sp³-hybridized carbons (Fsp3) is 0.909. The summed E-state index contributed by atoms with van der Waals surface area (Å²) in [7, 11) is 0. The lowest BCUT2D eigenvalue weighted by Gasteiger charge is -2.23. The molecule has 3 atom stereocenters. The van der Waals surface area contributed by atoms with Gasteiger partial charge < -0.3 is 10.5 Å². The van der Waals surface area contributed by atoms with Crippen LogP contribution in [0.3, 0.4) is 0 Å². The third-order valence-electron chi connectivity index (χ3n) is 3.62. The second-order valence-electron chi connectivity index (χ2n) is 5.08. The molecule has 0 aromatic heterocycles. The first-order valence-electron chi connectivity index (χ1n) is 5.95. The van der Waals surface area contributed by atoms with Crippen LogP contribution in [0.2, 0.25) is 0 Å². The molecule has 17 heavy (non-hydrogen) atoms. The van der Waals surface area contributed by atoms with Crippen molar-refractivity contribution in [1.82, 2.24) is 4.90 Å². The average molecular weight is 248 g/mol. The van der Waals surface area contributed by atoms with Gasteiger partial charge in [-0.2, -0.15) is 8.78 Å². The van der Waals surface area contributed by atoms with Crippen LogP contribution in [-0.2, 0) is 9.53 Å². The molecule has 6 heteroatoms. The van der Waals surface area contributed by atoms with Crippen LogP contribution >= 0.6 is 0 Å². The third kappa shape index (κ3) is 2.57. The molecule has 0 bridgehead atoms. The zero-order chi connectivity index (χ0) is 12.6. The molecule has 0 aromatic rings. The van der Waals surface area contributed by atoms with Crippen molar-refractivity contribution in [3.05, 3.63) is 0 Å². The summed E-state index contributed by atoms with van der Waals surface area (Å²) in [5, 5.41) is 0. The number of halogens is 2. The summed E-state index contributed by atoms with van der Waals surface area (Å²) < 4.78 is 30.7. The van der Waals surface area contributed by atoms with Gasteiger partial charge in [-0.3, -0.25) is 4.90 Å². The van der Waals surface area contributed by atoms with Crippen molar-refractivity contribution in [3.63, 3.8) is 0 Å². The summed E-state index contributed by atoms with van der Waals surface area (Å²) in [6.07, 6.45) is -0.202. The zero-order valence-electron chi connectivity index (χ0n) is 9.86. The van der Waals surface area contributed by atoms with Gasteiger partial charge in [0.05, 0.1) is 6.42 Å². The van der Waals surface area contributed by atoms with E-state index in [4.69, 9.17) is 10.5 Å². The monoisotopic (exact) mass is 248 g/mol. The molecule has 98 valence electrons. The number of likely N-dealkylation sites (tertiary alicyclic amines) is 1. The minimum atomic E-state index is -3.30. The highest BCUT2D eigenvalue weighted by molar-refractivity contribution is 5.79. The SMILES string of the molecule is CC1CC(CN)CN1CC1CC(F)(F)C(=O)O1. The second-order valence-corrected chi connectivity index (χ2v) is 5.08. The zero-order valence-corrected chi connectivity index (χ0v) is 9.86. The van der Waals surface area contributed by atoms with E-state index in [0.717, 1.165) is 13.0 Å². The Kier molecular flexibility index (Phi) is 3.36. The van der Waals surface area contributed by atoms with Crippen molar-refractivity contribution in [1.29, 1.82) is 0 Å². The molecule has 0 saturated carbocycles. The van der Waals surface area contributed by atoms with E-state index in [2.05, 4.69) is 4.90 Å². The highest BCUT2D eigenvalue weighted by Crippen LogP contribution is 2.32. The first-order chi connectivity index (χ1) is 7.92. The van der Waals surface area contributed by atoms with Crippen LogP contribution in [0.25, 0.3) is 0 Å². The lowest BCUT2D eigenvalue weighted by Crippen LogP contribution is -2.35. The summed E-state index contributed by atoms with van der Waals surface area (Å²) in [6, 6.07) is 0.316. The van der Waals surface area contributed by atoms with Gasteiger partial charge in [-0.05, 0) is 25.8 Å². The summed E-state index contributed by atoms with van der Waals surface area (Å²) in [6.45, 7) is 3.85. The molecule has 2 fully saturated rings. The van der Waals surface area contributed by atoms with Gasteiger partial charge in [0, 0.05) is 19.1 Å². The average Bonchev–Trinajstić information content (AvgIpc) is 2.70. The van der Waals surface area contributed by atoms with E-state index in [1.807, 2.05) is 6.92 Å².